The van der Waals surface area contributed by atoms with Gasteiger partial charge in [0.1, 0.15) is 11.1 Å². The molecule has 0 aliphatic carbocycles. The van der Waals surface area contributed by atoms with E-state index in [0.29, 0.717) is 6.54 Å². The van der Waals surface area contributed by atoms with Crippen LogP contribution in [-0.4, -0.2) is 12.1 Å². The Labute approximate surface area is 70.2 Å². The minimum Gasteiger partial charge on any atom is -0.375 e. The summed E-state index contributed by atoms with van der Waals surface area (Å²) in [4.78, 5) is 4.27. The first-order valence-electron chi connectivity index (χ1n) is 3.45. The first-order chi connectivity index (χ1) is 5.27. The summed E-state index contributed by atoms with van der Waals surface area (Å²) in [5, 5.41) is 2.96. The summed E-state index contributed by atoms with van der Waals surface area (Å²) >= 11 is 1.59. The molecule has 0 radical (unpaired) electrons. The van der Waals surface area contributed by atoms with Gasteiger partial charge in [0, 0.05) is 19.0 Å². The van der Waals surface area contributed by atoms with E-state index in [1.807, 2.05) is 12.3 Å². The highest BCUT2D eigenvalue weighted by Gasteiger charge is 2.07. The first-order valence-corrected chi connectivity index (χ1v) is 4.33. The van der Waals surface area contributed by atoms with Crippen LogP contribution in [0.2, 0.25) is 0 Å². The molecule has 0 aliphatic rings. The fourth-order valence-electron chi connectivity index (χ4n) is 0.704. The second-order valence-electron chi connectivity index (χ2n) is 2.26. The normalized spacial score (nSPS) is 13.4. The van der Waals surface area contributed by atoms with Gasteiger partial charge in [0.05, 0.1) is 5.69 Å². The maximum Gasteiger partial charge on any atom is 0.122 e. The van der Waals surface area contributed by atoms with Crippen molar-refractivity contribution in [3.8, 4) is 0 Å². The third kappa shape index (κ3) is 1.99. The van der Waals surface area contributed by atoms with Crippen molar-refractivity contribution in [3.05, 3.63) is 16.1 Å². The van der Waals surface area contributed by atoms with Gasteiger partial charge in [-0.25, -0.2) is 4.98 Å². The van der Waals surface area contributed by atoms with Gasteiger partial charge in [-0.05, 0) is 6.92 Å². The molecular formula is C7H12N2OS. The Morgan fingerprint density at radius 1 is 1.82 bits per heavy atom. The lowest BCUT2D eigenvalue weighted by Crippen LogP contribution is -1.99. The average molecular weight is 172 g/mol. The van der Waals surface area contributed by atoms with Gasteiger partial charge in [-0.3, -0.25) is 0 Å². The van der Waals surface area contributed by atoms with E-state index < -0.39 is 0 Å². The molecule has 0 fully saturated rings. The van der Waals surface area contributed by atoms with Crippen molar-refractivity contribution < 1.29 is 4.74 Å². The minimum absolute atomic E-state index is 0.0836. The maximum atomic E-state index is 5.41. The topological polar surface area (TPSA) is 48.1 Å². The van der Waals surface area contributed by atoms with Crippen LogP contribution in [0.15, 0.2) is 5.38 Å². The number of hydrogen-bond donors (Lipinski definition) is 1. The highest BCUT2D eigenvalue weighted by Crippen LogP contribution is 2.19. The lowest BCUT2D eigenvalue weighted by Gasteiger charge is -2.03. The third-order valence-electron chi connectivity index (χ3n) is 1.48. The Hall–Kier alpha value is -0.450. The third-order valence-corrected chi connectivity index (χ3v) is 2.53. The van der Waals surface area contributed by atoms with Crippen LogP contribution in [-0.2, 0) is 11.3 Å². The number of rotatable bonds is 3. The van der Waals surface area contributed by atoms with Crippen LogP contribution in [0.1, 0.15) is 23.7 Å². The number of aromatic nitrogens is 1. The zero-order valence-electron chi connectivity index (χ0n) is 6.70. The van der Waals surface area contributed by atoms with Crippen LogP contribution in [0, 0.1) is 0 Å². The molecule has 0 aromatic carbocycles. The highest BCUT2D eigenvalue weighted by molar-refractivity contribution is 7.09. The summed E-state index contributed by atoms with van der Waals surface area (Å²) in [6.45, 7) is 2.48. The molecule has 2 N–H and O–H groups in total. The number of hydrogen-bond acceptors (Lipinski definition) is 4. The molecule has 0 spiro atoms. The van der Waals surface area contributed by atoms with Crippen molar-refractivity contribution in [1.29, 1.82) is 0 Å². The number of methoxy groups -OCH3 is 1. The van der Waals surface area contributed by atoms with E-state index in [2.05, 4.69) is 4.98 Å². The predicted molar refractivity (Wildman–Crippen MR) is 45.4 cm³/mol. The van der Waals surface area contributed by atoms with Crippen LogP contribution >= 0.6 is 11.3 Å². The zero-order valence-corrected chi connectivity index (χ0v) is 7.52. The highest BCUT2D eigenvalue weighted by atomic mass is 32.1. The van der Waals surface area contributed by atoms with Crippen molar-refractivity contribution in [2.45, 2.75) is 19.6 Å². The molecule has 4 heteroatoms. The second-order valence-corrected chi connectivity index (χ2v) is 3.15. The minimum atomic E-state index is 0.0836. The molecule has 0 aliphatic heterocycles. The Balaban J connectivity index is 2.71. The van der Waals surface area contributed by atoms with Crippen molar-refractivity contribution >= 4 is 11.3 Å². The van der Waals surface area contributed by atoms with E-state index in [1.54, 1.807) is 18.4 Å². The Morgan fingerprint density at radius 3 is 3.00 bits per heavy atom. The van der Waals surface area contributed by atoms with Crippen LogP contribution < -0.4 is 5.73 Å². The van der Waals surface area contributed by atoms with E-state index in [0.717, 1.165) is 10.7 Å². The molecule has 62 valence electrons. The monoisotopic (exact) mass is 172 g/mol. The van der Waals surface area contributed by atoms with E-state index in [1.165, 1.54) is 0 Å². The zero-order chi connectivity index (χ0) is 8.27. The van der Waals surface area contributed by atoms with Gasteiger partial charge >= 0.3 is 0 Å². The molecule has 1 aromatic heterocycles. The summed E-state index contributed by atoms with van der Waals surface area (Å²) in [6.07, 6.45) is 0.0836. The molecule has 3 nitrogen and oxygen atoms in total. The average Bonchev–Trinajstić information content (AvgIpc) is 2.50. The van der Waals surface area contributed by atoms with Crippen LogP contribution in [0.5, 0.6) is 0 Å². The summed E-state index contributed by atoms with van der Waals surface area (Å²) < 4.78 is 5.10. The number of ether oxygens (including phenoxy) is 1. The van der Waals surface area contributed by atoms with Crippen molar-refractivity contribution in [3.63, 3.8) is 0 Å². The molecule has 1 heterocycles. The molecule has 0 bridgehead atoms. The molecule has 1 atom stereocenters. The smallest absolute Gasteiger partial charge is 0.122 e. The number of thiazole rings is 1. The van der Waals surface area contributed by atoms with Gasteiger partial charge in [-0.2, -0.15) is 0 Å². The summed E-state index contributed by atoms with van der Waals surface area (Å²) in [5.74, 6) is 0. The number of nitrogens with two attached hydrogens (primary N) is 1. The fourth-order valence-corrected chi connectivity index (χ4v) is 1.57. The molecule has 11 heavy (non-hydrogen) atoms. The largest absolute Gasteiger partial charge is 0.375 e. The lowest BCUT2D eigenvalue weighted by atomic mass is 10.4. The molecule has 0 unspecified atom stereocenters. The quantitative estimate of drug-likeness (QED) is 0.747. The van der Waals surface area contributed by atoms with Gasteiger partial charge < -0.3 is 10.5 Å². The first kappa shape index (κ1) is 8.64. The molecule has 1 aromatic rings. The van der Waals surface area contributed by atoms with Gasteiger partial charge in [0.15, 0.2) is 0 Å². The molecule has 0 saturated heterocycles. The van der Waals surface area contributed by atoms with Crippen molar-refractivity contribution in [2.24, 2.45) is 5.73 Å². The van der Waals surface area contributed by atoms with Gasteiger partial charge in [-0.15, -0.1) is 11.3 Å². The summed E-state index contributed by atoms with van der Waals surface area (Å²) in [7, 11) is 1.67. The summed E-state index contributed by atoms with van der Waals surface area (Å²) in [6, 6.07) is 0. The second kappa shape index (κ2) is 3.80. The molecule has 0 saturated carbocycles. The van der Waals surface area contributed by atoms with Crippen molar-refractivity contribution in [1.82, 2.24) is 4.98 Å². The van der Waals surface area contributed by atoms with E-state index in [9.17, 15) is 0 Å². The van der Waals surface area contributed by atoms with E-state index in [4.69, 9.17) is 10.5 Å². The number of nitrogens with zero attached hydrogens (tertiary/aromatic N) is 1. The van der Waals surface area contributed by atoms with Crippen LogP contribution in [0.4, 0.5) is 0 Å². The standard InChI is InChI=1S/C7H12N2OS/c1-5(10-2)7-9-6(3-8)4-11-7/h4-5H,3,8H2,1-2H3/t5-/m1/s1. The molecule has 1 rings (SSSR count). The Morgan fingerprint density at radius 2 is 2.55 bits per heavy atom. The fraction of sp³-hybridized carbons (Fsp3) is 0.571. The molecule has 0 amide bonds. The van der Waals surface area contributed by atoms with Crippen LogP contribution in [0.25, 0.3) is 0 Å². The maximum absolute atomic E-state index is 5.41. The van der Waals surface area contributed by atoms with Crippen molar-refractivity contribution in [2.75, 3.05) is 7.11 Å². The van der Waals surface area contributed by atoms with Gasteiger partial charge in [0.2, 0.25) is 0 Å². The SMILES string of the molecule is CO[C@H](C)c1nc(CN)cs1. The summed E-state index contributed by atoms with van der Waals surface area (Å²) in [5.41, 5.74) is 6.35. The predicted octanol–water partition coefficient (Wildman–Crippen LogP) is 1.31. The van der Waals surface area contributed by atoms with Gasteiger partial charge in [-0.1, -0.05) is 0 Å². The lowest BCUT2D eigenvalue weighted by molar-refractivity contribution is 0.119. The van der Waals surface area contributed by atoms with E-state index >= 15 is 0 Å². The van der Waals surface area contributed by atoms with Crippen LogP contribution in [0.3, 0.4) is 0 Å². The Bertz CT molecular complexity index is 224. The van der Waals surface area contributed by atoms with Gasteiger partial charge in [0.25, 0.3) is 0 Å². The molecular weight excluding hydrogens is 160 g/mol. The van der Waals surface area contributed by atoms with E-state index in [-0.39, 0.29) is 6.10 Å². The Kier molecular flexibility index (Phi) is 2.99.